The van der Waals surface area contributed by atoms with Gasteiger partial charge in [0.05, 0.1) is 24.6 Å². The summed E-state index contributed by atoms with van der Waals surface area (Å²) in [5.74, 6) is 0.252. The normalized spacial score (nSPS) is 16.3. The Labute approximate surface area is 145 Å². The van der Waals surface area contributed by atoms with Crippen LogP contribution in [0.15, 0.2) is 30.5 Å². The summed E-state index contributed by atoms with van der Waals surface area (Å²) in [6.07, 6.45) is 1.58. The van der Waals surface area contributed by atoms with Crippen molar-refractivity contribution in [3.8, 4) is 5.88 Å². The maximum atomic E-state index is 12.7. The molecule has 4 nitrogen and oxygen atoms in total. The van der Waals surface area contributed by atoms with Crippen molar-refractivity contribution in [2.24, 2.45) is 0 Å². The number of fused-ring (bicyclic) bond motifs is 1. The molecular formula is C17H16Cl2N2O2. The maximum absolute atomic E-state index is 12.7. The van der Waals surface area contributed by atoms with E-state index >= 15 is 0 Å². The highest BCUT2D eigenvalue weighted by Gasteiger charge is 2.30. The molecule has 0 N–H and O–H groups in total. The number of ether oxygens (including phenoxy) is 1. The fourth-order valence-corrected chi connectivity index (χ4v) is 3.47. The highest BCUT2D eigenvalue weighted by Crippen LogP contribution is 2.36. The minimum Gasteiger partial charge on any atom is -0.480 e. The number of halogens is 2. The number of hydrogen-bond acceptors (Lipinski definition) is 3. The third-order valence-electron chi connectivity index (χ3n) is 4.19. The van der Waals surface area contributed by atoms with Gasteiger partial charge in [-0.25, -0.2) is 4.98 Å². The summed E-state index contributed by atoms with van der Waals surface area (Å²) in [5, 5.41) is 0.659. The fraction of sp³-hybridized carbons (Fsp3) is 0.294. The lowest BCUT2D eigenvalue weighted by Gasteiger charge is -2.22. The van der Waals surface area contributed by atoms with E-state index in [1.165, 1.54) is 24.4 Å². The van der Waals surface area contributed by atoms with Crippen LogP contribution in [0.5, 0.6) is 5.88 Å². The molecule has 0 unspecified atom stereocenters. The van der Waals surface area contributed by atoms with Crippen molar-refractivity contribution in [1.29, 1.82) is 0 Å². The van der Waals surface area contributed by atoms with E-state index in [9.17, 15) is 4.79 Å². The molecule has 0 saturated carbocycles. The smallest absolute Gasteiger partial charge is 0.232 e. The Kier molecular flexibility index (Phi) is 4.46. The molecule has 1 aliphatic rings. The van der Waals surface area contributed by atoms with Gasteiger partial charge in [-0.1, -0.05) is 47.5 Å². The highest BCUT2D eigenvalue weighted by atomic mass is 35.5. The van der Waals surface area contributed by atoms with E-state index in [1.54, 1.807) is 0 Å². The third-order valence-corrected chi connectivity index (χ3v) is 4.91. The molecule has 1 amide bonds. The van der Waals surface area contributed by atoms with Crippen LogP contribution in [-0.4, -0.2) is 22.9 Å². The average Bonchev–Trinajstić information content (AvgIpc) is 2.89. The predicted octanol–water partition coefficient (Wildman–Crippen LogP) is 4.04. The SMILES string of the molecule is COc1ncc(Cl)c(CC(=O)N2Cc3ccccc3[C@@H]2C)c1Cl. The molecule has 0 radical (unpaired) electrons. The number of benzene rings is 1. The predicted molar refractivity (Wildman–Crippen MR) is 89.9 cm³/mol. The Balaban J connectivity index is 1.84. The maximum Gasteiger partial charge on any atom is 0.232 e. The molecule has 0 saturated heterocycles. The first kappa shape index (κ1) is 16.1. The quantitative estimate of drug-likeness (QED) is 0.838. The van der Waals surface area contributed by atoms with Crippen LogP contribution >= 0.6 is 23.2 Å². The van der Waals surface area contributed by atoms with Gasteiger partial charge < -0.3 is 9.64 Å². The molecule has 1 aromatic carbocycles. The molecule has 1 aromatic heterocycles. The topological polar surface area (TPSA) is 42.4 Å². The van der Waals surface area contributed by atoms with Crippen molar-refractivity contribution in [3.63, 3.8) is 0 Å². The number of carbonyl (C=O) groups excluding carboxylic acids is 1. The van der Waals surface area contributed by atoms with Gasteiger partial charge in [0.15, 0.2) is 0 Å². The van der Waals surface area contributed by atoms with Crippen LogP contribution in [0.2, 0.25) is 10.0 Å². The number of hydrogen-bond donors (Lipinski definition) is 0. The lowest BCUT2D eigenvalue weighted by Crippen LogP contribution is -2.29. The fourth-order valence-electron chi connectivity index (χ4n) is 2.92. The monoisotopic (exact) mass is 350 g/mol. The lowest BCUT2D eigenvalue weighted by atomic mass is 10.1. The van der Waals surface area contributed by atoms with Crippen LogP contribution in [-0.2, 0) is 17.8 Å². The van der Waals surface area contributed by atoms with Crippen molar-refractivity contribution in [2.75, 3.05) is 7.11 Å². The van der Waals surface area contributed by atoms with Crippen molar-refractivity contribution in [3.05, 3.63) is 57.2 Å². The number of rotatable bonds is 3. The summed E-state index contributed by atoms with van der Waals surface area (Å²) >= 11 is 12.4. The van der Waals surface area contributed by atoms with Gasteiger partial charge in [0.25, 0.3) is 0 Å². The molecule has 0 spiro atoms. The molecule has 120 valence electrons. The molecule has 23 heavy (non-hydrogen) atoms. The Morgan fingerprint density at radius 3 is 2.83 bits per heavy atom. The summed E-state index contributed by atoms with van der Waals surface area (Å²) in [4.78, 5) is 18.6. The van der Waals surface area contributed by atoms with Crippen LogP contribution < -0.4 is 4.74 Å². The van der Waals surface area contributed by atoms with Gasteiger partial charge >= 0.3 is 0 Å². The van der Waals surface area contributed by atoms with Gasteiger partial charge in [0, 0.05) is 18.3 Å². The van der Waals surface area contributed by atoms with Crippen LogP contribution in [0.1, 0.15) is 29.7 Å². The average molecular weight is 351 g/mol. The van der Waals surface area contributed by atoms with Crippen LogP contribution in [0, 0.1) is 0 Å². The highest BCUT2D eigenvalue weighted by molar-refractivity contribution is 6.36. The molecular weight excluding hydrogens is 335 g/mol. The van der Waals surface area contributed by atoms with Gasteiger partial charge in [-0.2, -0.15) is 0 Å². The molecule has 0 aliphatic carbocycles. The number of aromatic nitrogens is 1. The number of pyridine rings is 1. The van der Waals surface area contributed by atoms with E-state index in [-0.39, 0.29) is 29.3 Å². The van der Waals surface area contributed by atoms with Crippen LogP contribution in [0.25, 0.3) is 0 Å². The first-order valence-corrected chi connectivity index (χ1v) is 8.02. The van der Waals surface area contributed by atoms with E-state index < -0.39 is 0 Å². The molecule has 1 atom stereocenters. The minimum atomic E-state index is -0.0225. The Morgan fingerprint density at radius 1 is 1.39 bits per heavy atom. The number of nitrogens with zero attached hydrogens (tertiary/aromatic N) is 2. The zero-order valence-corrected chi connectivity index (χ0v) is 14.4. The minimum absolute atomic E-state index is 0.0225. The second-order valence-corrected chi connectivity index (χ2v) is 6.27. The lowest BCUT2D eigenvalue weighted by molar-refractivity contribution is -0.132. The second kappa shape index (κ2) is 6.38. The Morgan fingerprint density at radius 2 is 2.13 bits per heavy atom. The van der Waals surface area contributed by atoms with Gasteiger partial charge in [-0.15, -0.1) is 0 Å². The van der Waals surface area contributed by atoms with E-state index in [4.69, 9.17) is 27.9 Å². The summed E-state index contributed by atoms with van der Waals surface area (Å²) in [5.41, 5.74) is 2.91. The van der Waals surface area contributed by atoms with Crippen molar-refractivity contribution < 1.29 is 9.53 Å². The van der Waals surface area contributed by atoms with Crippen LogP contribution in [0.3, 0.4) is 0 Å². The first-order chi connectivity index (χ1) is 11.0. The van der Waals surface area contributed by atoms with E-state index in [0.717, 1.165) is 0 Å². The summed E-state index contributed by atoms with van der Waals surface area (Å²) in [7, 11) is 1.48. The van der Waals surface area contributed by atoms with E-state index in [1.807, 2.05) is 24.0 Å². The summed E-state index contributed by atoms with van der Waals surface area (Å²) in [6.45, 7) is 2.63. The standard InChI is InChI=1S/C17H16Cl2N2O2/c1-10-12-6-4-3-5-11(12)9-21(10)15(22)7-13-14(18)8-20-17(23-2)16(13)19/h3-6,8,10H,7,9H2,1-2H3/t10-/m0/s1. The number of amides is 1. The van der Waals surface area contributed by atoms with E-state index in [2.05, 4.69) is 17.1 Å². The van der Waals surface area contributed by atoms with Gasteiger partial charge in [0.2, 0.25) is 11.8 Å². The zero-order valence-electron chi connectivity index (χ0n) is 12.8. The number of carbonyl (C=O) groups is 1. The molecule has 0 fully saturated rings. The molecule has 2 aromatic rings. The molecule has 1 aliphatic heterocycles. The zero-order chi connectivity index (χ0) is 16.6. The summed E-state index contributed by atoms with van der Waals surface area (Å²) < 4.78 is 5.09. The Hall–Kier alpha value is -1.78. The molecule has 3 rings (SSSR count). The molecule has 6 heteroatoms. The van der Waals surface area contributed by atoms with Crippen molar-refractivity contribution in [1.82, 2.24) is 9.88 Å². The summed E-state index contributed by atoms with van der Waals surface area (Å²) in [6, 6.07) is 8.13. The second-order valence-electron chi connectivity index (χ2n) is 5.48. The van der Waals surface area contributed by atoms with Crippen LogP contribution in [0.4, 0.5) is 0 Å². The van der Waals surface area contributed by atoms with E-state index in [0.29, 0.717) is 17.1 Å². The largest absolute Gasteiger partial charge is 0.480 e. The van der Waals surface area contributed by atoms with Gasteiger partial charge in [-0.3, -0.25) is 4.79 Å². The van der Waals surface area contributed by atoms with Gasteiger partial charge in [-0.05, 0) is 18.1 Å². The van der Waals surface area contributed by atoms with Crippen molar-refractivity contribution in [2.45, 2.75) is 25.9 Å². The molecule has 2 heterocycles. The third kappa shape index (κ3) is 2.89. The molecule has 0 bridgehead atoms. The first-order valence-electron chi connectivity index (χ1n) is 7.27. The number of methoxy groups -OCH3 is 1. The Bertz CT molecular complexity index is 764. The van der Waals surface area contributed by atoms with Crippen molar-refractivity contribution >= 4 is 29.1 Å². The van der Waals surface area contributed by atoms with Gasteiger partial charge in [0.1, 0.15) is 5.02 Å².